The van der Waals surface area contributed by atoms with Gasteiger partial charge in [0, 0.05) is 13.0 Å². The maximum Gasteiger partial charge on any atom is 0.220 e. The molecule has 3 atom stereocenters. The van der Waals surface area contributed by atoms with E-state index in [9.17, 15) is 4.79 Å². The number of amides is 1. The molecule has 18 heavy (non-hydrogen) atoms. The summed E-state index contributed by atoms with van der Waals surface area (Å²) in [7, 11) is 0. The van der Waals surface area contributed by atoms with E-state index in [2.05, 4.69) is 19.2 Å². The highest BCUT2D eigenvalue weighted by atomic mass is 16.1. The Bertz CT molecular complexity index is 243. The van der Waals surface area contributed by atoms with Crippen molar-refractivity contribution in [2.75, 3.05) is 13.1 Å². The summed E-state index contributed by atoms with van der Waals surface area (Å²) in [6.45, 7) is 6.10. The first kappa shape index (κ1) is 15.5. The molecule has 0 radical (unpaired) electrons. The number of carbonyl (C=O) groups is 1. The van der Waals surface area contributed by atoms with Crippen molar-refractivity contribution in [3.05, 3.63) is 0 Å². The van der Waals surface area contributed by atoms with Crippen LogP contribution in [0, 0.1) is 17.8 Å². The van der Waals surface area contributed by atoms with Crippen LogP contribution in [-0.4, -0.2) is 19.0 Å². The van der Waals surface area contributed by atoms with Crippen molar-refractivity contribution >= 4 is 5.91 Å². The van der Waals surface area contributed by atoms with Crippen molar-refractivity contribution in [3.63, 3.8) is 0 Å². The van der Waals surface area contributed by atoms with E-state index in [0.717, 1.165) is 31.8 Å². The molecule has 3 nitrogen and oxygen atoms in total. The fraction of sp³-hybridized carbons (Fsp3) is 0.933. The van der Waals surface area contributed by atoms with Gasteiger partial charge in [-0.2, -0.15) is 0 Å². The second-order valence-electron chi connectivity index (χ2n) is 6.16. The SMILES string of the molecule is CC(CCN)CCC(=O)NCC1CCCC(C)C1. The highest BCUT2D eigenvalue weighted by molar-refractivity contribution is 5.75. The van der Waals surface area contributed by atoms with Gasteiger partial charge in [0.05, 0.1) is 0 Å². The lowest BCUT2D eigenvalue weighted by atomic mass is 9.82. The van der Waals surface area contributed by atoms with Gasteiger partial charge in [-0.05, 0) is 50.0 Å². The van der Waals surface area contributed by atoms with Crippen LogP contribution in [0.1, 0.15) is 58.8 Å². The molecule has 3 heteroatoms. The van der Waals surface area contributed by atoms with Gasteiger partial charge >= 0.3 is 0 Å². The Hall–Kier alpha value is -0.570. The first-order valence-corrected chi connectivity index (χ1v) is 7.58. The molecule has 1 aliphatic carbocycles. The number of rotatable bonds is 7. The molecule has 0 aliphatic heterocycles. The number of carbonyl (C=O) groups excluding carboxylic acids is 1. The highest BCUT2D eigenvalue weighted by Crippen LogP contribution is 2.27. The van der Waals surface area contributed by atoms with E-state index < -0.39 is 0 Å². The van der Waals surface area contributed by atoms with Gasteiger partial charge in [0.1, 0.15) is 0 Å². The second kappa shape index (κ2) is 8.52. The zero-order valence-electron chi connectivity index (χ0n) is 12.1. The van der Waals surface area contributed by atoms with Gasteiger partial charge in [-0.15, -0.1) is 0 Å². The Morgan fingerprint density at radius 2 is 2.17 bits per heavy atom. The quantitative estimate of drug-likeness (QED) is 0.734. The summed E-state index contributed by atoms with van der Waals surface area (Å²) in [5, 5.41) is 3.10. The Morgan fingerprint density at radius 1 is 1.39 bits per heavy atom. The van der Waals surface area contributed by atoms with E-state index in [1.807, 2.05) is 0 Å². The van der Waals surface area contributed by atoms with Gasteiger partial charge in [-0.3, -0.25) is 4.79 Å². The lowest BCUT2D eigenvalue weighted by Gasteiger charge is -2.26. The van der Waals surface area contributed by atoms with E-state index in [0.29, 0.717) is 18.3 Å². The fourth-order valence-corrected chi connectivity index (χ4v) is 2.90. The molecule has 0 spiro atoms. The predicted molar refractivity (Wildman–Crippen MR) is 76.2 cm³/mol. The van der Waals surface area contributed by atoms with Gasteiger partial charge in [-0.25, -0.2) is 0 Å². The minimum Gasteiger partial charge on any atom is -0.356 e. The Kier molecular flexibility index (Phi) is 7.33. The summed E-state index contributed by atoms with van der Waals surface area (Å²) in [5.74, 6) is 2.33. The summed E-state index contributed by atoms with van der Waals surface area (Å²) in [6.07, 6.45) is 7.90. The minimum atomic E-state index is 0.220. The average molecular weight is 254 g/mol. The molecule has 1 saturated carbocycles. The number of hydrogen-bond acceptors (Lipinski definition) is 2. The molecule has 106 valence electrons. The number of hydrogen-bond donors (Lipinski definition) is 2. The summed E-state index contributed by atoms with van der Waals surface area (Å²) < 4.78 is 0. The first-order chi connectivity index (χ1) is 8.61. The van der Waals surface area contributed by atoms with Gasteiger partial charge in [0.25, 0.3) is 0 Å². The summed E-state index contributed by atoms with van der Waals surface area (Å²) >= 11 is 0. The molecule has 0 bridgehead atoms. The number of nitrogens with two attached hydrogens (primary N) is 1. The van der Waals surface area contributed by atoms with Crippen LogP contribution in [0.2, 0.25) is 0 Å². The second-order valence-corrected chi connectivity index (χ2v) is 6.16. The van der Waals surface area contributed by atoms with Crippen molar-refractivity contribution in [3.8, 4) is 0 Å². The molecule has 1 aliphatic rings. The van der Waals surface area contributed by atoms with E-state index in [-0.39, 0.29) is 5.91 Å². The summed E-state index contributed by atoms with van der Waals surface area (Å²) in [6, 6.07) is 0. The lowest BCUT2D eigenvalue weighted by Crippen LogP contribution is -2.31. The molecular weight excluding hydrogens is 224 g/mol. The van der Waals surface area contributed by atoms with Crippen molar-refractivity contribution in [2.45, 2.75) is 58.8 Å². The maximum absolute atomic E-state index is 11.7. The van der Waals surface area contributed by atoms with Gasteiger partial charge < -0.3 is 11.1 Å². The van der Waals surface area contributed by atoms with Crippen LogP contribution in [0.3, 0.4) is 0 Å². The minimum absolute atomic E-state index is 0.220. The van der Waals surface area contributed by atoms with Crippen LogP contribution in [-0.2, 0) is 4.79 Å². The zero-order chi connectivity index (χ0) is 13.4. The van der Waals surface area contributed by atoms with E-state index >= 15 is 0 Å². The lowest BCUT2D eigenvalue weighted by molar-refractivity contribution is -0.121. The van der Waals surface area contributed by atoms with Crippen molar-refractivity contribution in [2.24, 2.45) is 23.5 Å². The summed E-state index contributed by atoms with van der Waals surface area (Å²) in [4.78, 5) is 11.7. The number of nitrogens with one attached hydrogen (secondary N) is 1. The molecule has 1 rings (SSSR count). The van der Waals surface area contributed by atoms with Gasteiger partial charge in [0.2, 0.25) is 5.91 Å². The maximum atomic E-state index is 11.7. The van der Waals surface area contributed by atoms with E-state index in [1.54, 1.807) is 0 Å². The summed E-state index contributed by atoms with van der Waals surface area (Å²) in [5.41, 5.74) is 5.50. The largest absolute Gasteiger partial charge is 0.356 e. The first-order valence-electron chi connectivity index (χ1n) is 7.58. The monoisotopic (exact) mass is 254 g/mol. The third-order valence-corrected chi connectivity index (χ3v) is 4.16. The smallest absolute Gasteiger partial charge is 0.220 e. The predicted octanol–water partition coefficient (Wildman–Crippen LogP) is 2.69. The van der Waals surface area contributed by atoms with Crippen LogP contribution in [0.5, 0.6) is 0 Å². The molecule has 0 aromatic carbocycles. The Labute approximate surface area is 112 Å². The van der Waals surface area contributed by atoms with E-state index in [4.69, 9.17) is 5.73 Å². The third-order valence-electron chi connectivity index (χ3n) is 4.16. The van der Waals surface area contributed by atoms with Gasteiger partial charge in [-0.1, -0.05) is 26.7 Å². The molecule has 1 fully saturated rings. The third kappa shape index (κ3) is 6.39. The van der Waals surface area contributed by atoms with Crippen molar-refractivity contribution < 1.29 is 4.79 Å². The molecule has 0 heterocycles. The normalized spacial score (nSPS) is 25.7. The molecular formula is C15H30N2O. The van der Waals surface area contributed by atoms with Gasteiger partial charge in [0.15, 0.2) is 0 Å². The molecule has 0 aromatic rings. The zero-order valence-corrected chi connectivity index (χ0v) is 12.1. The molecule has 3 N–H and O–H groups in total. The van der Waals surface area contributed by atoms with Crippen LogP contribution in [0.25, 0.3) is 0 Å². The van der Waals surface area contributed by atoms with Crippen molar-refractivity contribution in [1.82, 2.24) is 5.32 Å². The topological polar surface area (TPSA) is 55.1 Å². The molecule has 1 amide bonds. The van der Waals surface area contributed by atoms with Crippen LogP contribution in [0.15, 0.2) is 0 Å². The molecule has 0 saturated heterocycles. The average Bonchev–Trinajstić information content (AvgIpc) is 2.34. The van der Waals surface area contributed by atoms with Crippen molar-refractivity contribution in [1.29, 1.82) is 0 Å². The Morgan fingerprint density at radius 3 is 2.83 bits per heavy atom. The standard InChI is InChI=1S/C15H30N2O/c1-12(8-9-16)6-7-15(18)17-11-14-5-3-4-13(2)10-14/h12-14H,3-11,16H2,1-2H3,(H,17,18). The molecule has 0 aromatic heterocycles. The van der Waals surface area contributed by atoms with Crippen LogP contribution in [0.4, 0.5) is 0 Å². The van der Waals surface area contributed by atoms with E-state index in [1.165, 1.54) is 25.7 Å². The van der Waals surface area contributed by atoms with Crippen LogP contribution >= 0.6 is 0 Å². The fourth-order valence-electron chi connectivity index (χ4n) is 2.90. The molecule has 3 unspecified atom stereocenters. The Balaban J connectivity index is 2.09. The highest BCUT2D eigenvalue weighted by Gasteiger charge is 2.19. The van der Waals surface area contributed by atoms with Crippen LogP contribution < -0.4 is 11.1 Å².